The number of ketones is 1. The van der Waals surface area contributed by atoms with Gasteiger partial charge in [0.2, 0.25) is 0 Å². The molecule has 0 atom stereocenters. The van der Waals surface area contributed by atoms with Crippen molar-refractivity contribution in [3.05, 3.63) is 42.0 Å². The fraction of sp³-hybridized carbons (Fsp3) is 0.214. The molecule has 2 rings (SSSR count). The van der Waals surface area contributed by atoms with Crippen molar-refractivity contribution in [2.24, 2.45) is 0 Å². The van der Waals surface area contributed by atoms with E-state index in [1.807, 2.05) is 0 Å². The van der Waals surface area contributed by atoms with E-state index in [0.717, 1.165) is 10.8 Å². The van der Waals surface area contributed by atoms with E-state index < -0.39 is 9.84 Å². The summed E-state index contributed by atoms with van der Waals surface area (Å²) < 4.78 is 23.5. The van der Waals surface area contributed by atoms with Gasteiger partial charge in [-0.1, -0.05) is 25.1 Å². The van der Waals surface area contributed by atoms with Crippen LogP contribution in [-0.2, 0) is 9.84 Å². The van der Waals surface area contributed by atoms with E-state index in [2.05, 4.69) is 0 Å². The van der Waals surface area contributed by atoms with Crippen LogP contribution in [0, 0.1) is 0 Å². The molecule has 0 aliphatic heterocycles. The molecule has 0 radical (unpaired) electrons. The third-order valence-corrected chi connectivity index (χ3v) is 4.69. The lowest BCUT2D eigenvalue weighted by Crippen LogP contribution is -2.03. The Labute approximate surface area is 106 Å². The summed E-state index contributed by atoms with van der Waals surface area (Å²) in [5.41, 5.74) is 0.633. The average Bonchev–Trinajstić information content (AvgIpc) is 2.37. The molecule has 2 aromatic carbocycles. The Hall–Kier alpha value is -1.68. The first kappa shape index (κ1) is 12.8. The molecule has 0 bridgehead atoms. The fourth-order valence-electron chi connectivity index (χ4n) is 1.80. The number of hydrogen-bond acceptors (Lipinski definition) is 3. The summed E-state index contributed by atoms with van der Waals surface area (Å²) in [6, 6.07) is 10.3. The van der Waals surface area contributed by atoms with Crippen LogP contribution in [0.15, 0.2) is 41.3 Å². The molecule has 0 saturated heterocycles. The molecule has 0 aliphatic rings. The summed E-state index contributed by atoms with van der Waals surface area (Å²) in [5, 5.41) is 1.70. The maximum Gasteiger partial charge on any atom is 0.178 e. The maximum atomic E-state index is 11.8. The Balaban J connectivity index is 2.61. The highest BCUT2D eigenvalue weighted by Gasteiger charge is 2.12. The van der Waals surface area contributed by atoms with Crippen LogP contribution in [0.5, 0.6) is 0 Å². The second-order valence-electron chi connectivity index (χ2n) is 4.18. The quantitative estimate of drug-likeness (QED) is 0.799. The van der Waals surface area contributed by atoms with Gasteiger partial charge in [-0.15, -0.1) is 0 Å². The lowest BCUT2D eigenvalue weighted by Gasteiger charge is -2.05. The van der Waals surface area contributed by atoms with Gasteiger partial charge < -0.3 is 0 Å². The van der Waals surface area contributed by atoms with Crippen LogP contribution in [0.1, 0.15) is 24.2 Å². The highest BCUT2D eigenvalue weighted by atomic mass is 32.2. The molecule has 0 unspecified atom stereocenters. The van der Waals surface area contributed by atoms with Crippen LogP contribution in [0.25, 0.3) is 10.8 Å². The molecule has 0 N–H and O–H groups in total. The van der Waals surface area contributed by atoms with Crippen molar-refractivity contribution in [1.29, 1.82) is 0 Å². The highest BCUT2D eigenvalue weighted by Crippen LogP contribution is 2.21. The van der Waals surface area contributed by atoms with Crippen molar-refractivity contribution >= 4 is 26.4 Å². The van der Waals surface area contributed by atoms with Gasteiger partial charge in [0.05, 0.1) is 10.6 Å². The fourth-order valence-corrected chi connectivity index (χ4v) is 2.72. The van der Waals surface area contributed by atoms with E-state index in [4.69, 9.17) is 0 Å². The van der Waals surface area contributed by atoms with Crippen molar-refractivity contribution in [3.8, 4) is 0 Å². The number of hydrogen-bond donors (Lipinski definition) is 0. The number of rotatable bonds is 3. The van der Waals surface area contributed by atoms with Crippen LogP contribution < -0.4 is 0 Å². The molecule has 4 heteroatoms. The Morgan fingerprint density at radius 3 is 2.28 bits per heavy atom. The monoisotopic (exact) mass is 262 g/mol. The average molecular weight is 262 g/mol. The standard InChI is InChI=1S/C14H14O3S/c1-3-18(16,17)14-7-6-12-8-11(10(2)15)4-5-13(12)9-14/h4-9H,3H2,1-2H3. The van der Waals surface area contributed by atoms with Gasteiger partial charge in [0.1, 0.15) is 0 Å². The van der Waals surface area contributed by atoms with Gasteiger partial charge in [-0.2, -0.15) is 0 Å². The topological polar surface area (TPSA) is 51.2 Å². The van der Waals surface area contributed by atoms with Crippen molar-refractivity contribution in [3.63, 3.8) is 0 Å². The van der Waals surface area contributed by atoms with Crippen LogP contribution in [0.3, 0.4) is 0 Å². The van der Waals surface area contributed by atoms with E-state index in [-0.39, 0.29) is 11.5 Å². The molecule has 0 fully saturated rings. The van der Waals surface area contributed by atoms with E-state index in [1.54, 1.807) is 43.3 Å². The summed E-state index contributed by atoms with van der Waals surface area (Å²) in [6.07, 6.45) is 0. The molecule has 0 amide bonds. The van der Waals surface area contributed by atoms with Gasteiger partial charge in [0, 0.05) is 5.56 Å². The molecule has 0 aromatic heterocycles. The zero-order chi connectivity index (χ0) is 13.3. The van der Waals surface area contributed by atoms with E-state index in [1.165, 1.54) is 6.92 Å². The summed E-state index contributed by atoms with van der Waals surface area (Å²) in [4.78, 5) is 11.6. The molecule has 94 valence electrons. The summed E-state index contributed by atoms with van der Waals surface area (Å²) in [6.45, 7) is 3.13. The van der Waals surface area contributed by atoms with Crippen LogP contribution in [0.4, 0.5) is 0 Å². The molecule has 0 spiro atoms. The SMILES string of the molecule is CCS(=O)(=O)c1ccc2cc(C(C)=O)ccc2c1. The van der Waals surface area contributed by atoms with Crippen LogP contribution >= 0.6 is 0 Å². The Bertz CT molecular complexity index is 715. The highest BCUT2D eigenvalue weighted by molar-refractivity contribution is 7.91. The Morgan fingerprint density at radius 2 is 1.67 bits per heavy atom. The molecule has 0 aliphatic carbocycles. The molecule has 0 heterocycles. The molecular weight excluding hydrogens is 248 g/mol. The Kier molecular flexibility index (Phi) is 3.22. The normalized spacial score (nSPS) is 11.7. The largest absolute Gasteiger partial charge is 0.295 e. The van der Waals surface area contributed by atoms with Crippen molar-refractivity contribution in [2.45, 2.75) is 18.7 Å². The minimum Gasteiger partial charge on any atom is -0.295 e. The van der Waals surface area contributed by atoms with Gasteiger partial charge in [-0.05, 0) is 35.9 Å². The predicted molar refractivity (Wildman–Crippen MR) is 71.7 cm³/mol. The number of sulfone groups is 1. The minimum absolute atomic E-state index is 0.00200. The van der Waals surface area contributed by atoms with E-state index >= 15 is 0 Å². The summed E-state index contributed by atoms with van der Waals surface area (Å²) in [5.74, 6) is 0.0893. The molecule has 3 nitrogen and oxygen atoms in total. The lowest BCUT2D eigenvalue weighted by molar-refractivity contribution is 0.101. The van der Waals surface area contributed by atoms with Gasteiger partial charge in [0.25, 0.3) is 0 Å². The van der Waals surface area contributed by atoms with Crippen LogP contribution in [0.2, 0.25) is 0 Å². The second kappa shape index (κ2) is 4.53. The Morgan fingerprint density at radius 1 is 1.06 bits per heavy atom. The lowest BCUT2D eigenvalue weighted by atomic mass is 10.1. The maximum absolute atomic E-state index is 11.8. The van der Waals surface area contributed by atoms with Gasteiger partial charge in [-0.3, -0.25) is 4.79 Å². The zero-order valence-electron chi connectivity index (χ0n) is 10.3. The van der Waals surface area contributed by atoms with Gasteiger partial charge in [0.15, 0.2) is 15.6 Å². The first-order valence-corrected chi connectivity index (χ1v) is 7.37. The minimum atomic E-state index is -3.18. The number of fused-ring (bicyclic) bond motifs is 1. The van der Waals surface area contributed by atoms with E-state index in [9.17, 15) is 13.2 Å². The molecule has 2 aromatic rings. The predicted octanol–water partition coefficient (Wildman–Crippen LogP) is 2.84. The molecule has 0 saturated carbocycles. The third-order valence-electron chi connectivity index (χ3n) is 2.96. The van der Waals surface area contributed by atoms with Crippen molar-refractivity contribution in [1.82, 2.24) is 0 Å². The first-order valence-electron chi connectivity index (χ1n) is 5.71. The zero-order valence-corrected chi connectivity index (χ0v) is 11.1. The van der Waals surface area contributed by atoms with Gasteiger partial charge in [-0.25, -0.2) is 8.42 Å². The van der Waals surface area contributed by atoms with Gasteiger partial charge >= 0.3 is 0 Å². The third kappa shape index (κ3) is 2.29. The smallest absolute Gasteiger partial charge is 0.178 e. The van der Waals surface area contributed by atoms with E-state index in [0.29, 0.717) is 10.5 Å². The summed E-state index contributed by atoms with van der Waals surface area (Å²) in [7, 11) is -3.18. The van der Waals surface area contributed by atoms with Crippen molar-refractivity contribution < 1.29 is 13.2 Å². The number of benzene rings is 2. The first-order chi connectivity index (χ1) is 8.44. The van der Waals surface area contributed by atoms with Crippen molar-refractivity contribution in [2.75, 3.05) is 5.75 Å². The number of Topliss-reactive ketones (excluding diaryl/α,β-unsaturated/α-hetero) is 1. The summed E-state index contributed by atoms with van der Waals surface area (Å²) >= 11 is 0. The van der Waals surface area contributed by atoms with Crippen LogP contribution in [-0.4, -0.2) is 20.0 Å². The number of carbonyl (C=O) groups is 1. The molecule has 18 heavy (non-hydrogen) atoms. The number of carbonyl (C=O) groups excluding carboxylic acids is 1. The molecular formula is C14H14O3S. The second-order valence-corrected chi connectivity index (χ2v) is 6.46.